The topological polar surface area (TPSA) is 32.3 Å². The third kappa shape index (κ3) is 3.44. The number of aryl methyl sites for hydroxylation is 1. The highest BCUT2D eigenvalue weighted by Crippen LogP contribution is 2.20. The van der Waals surface area contributed by atoms with Crippen LogP contribution in [0.25, 0.3) is 0 Å². The van der Waals surface area contributed by atoms with Gasteiger partial charge in [-0.1, -0.05) is 12.1 Å². The minimum Gasteiger partial charge on any atom is -0.338 e. The summed E-state index contributed by atoms with van der Waals surface area (Å²) in [4.78, 5) is 13.2. The average molecular weight is 365 g/mol. The fourth-order valence-electron chi connectivity index (χ4n) is 2.61. The monoisotopic (exact) mass is 364 g/mol. The van der Waals surface area contributed by atoms with Crippen molar-refractivity contribution >= 4 is 21.9 Å². The van der Waals surface area contributed by atoms with Gasteiger partial charge >= 0.3 is 0 Å². The molecule has 0 amide bonds. The van der Waals surface area contributed by atoms with Gasteiger partial charge in [0.25, 0.3) is 0 Å². The molecule has 0 unspecified atom stereocenters. The van der Waals surface area contributed by atoms with E-state index in [0.717, 1.165) is 43.4 Å². The SMILES string of the molecule is Cc1ccnc(N2CCN(Cc3cccc(Br)c3F)CC2)n1. The summed E-state index contributed by atoms with van der Waals surface area (Å²) in [6.45, 7) is 6.08. The summed E-state index contributed by atoms with van der Waals surface area (Å²) in [7, 11) is 0. The van der Waals surface area contributed by atoms with E-state index in [0.29, 0.717) is 11.0 Å². The third-order valence-corrected chi connectivity index (χ3v) is 4.48. The molecule has 4 nitrogen and oxygen atoms in total. The molecule has 3 rings (SSSR count). The van der Waals surface area contributed by atoms with Crippen molar-refractivity contribution in [2.45, 2.75) is 13.5 Å². The quantitative estimate of drug-likeness (QED) is 0.837. The Morgan fingerprint density at radius 2 is 1.95 bits per heavy atom. The Morgan fingerprint density at radius 3 is 2.68 bits per heavy atom. The minimum atomic E-state index is -0.160. The molecule has 0 N–H and O–H groups in total. The Labute approximate surface area is 138 Å². The van der Waals surface area contributed by atoms with Gasteiger partial charge in [0, 0.05) is 50.2 Å². The molecule has 0 saturated carbocycles. The van der Waals surface area contributed by atoms with E-state index in [-0.39, 0.29) is 5.82 Å². The molecule has 0 spiro atoms. The normalized spacial score (nSPS) is 16.0. The van der Waals surface area contributed by atoms with Gasteiger partial charge in [-0.3, -0.25) is 4.90 Å². The Bertz CT molecular complexity index is 656. The smallest absolute Gasteiger partial charge is 0.225 e. The van der Waals surface area contributed by atoms with E-state index < -0.39 is 0 Å². The van der Waals surface area contributed by atoms with Gasteiger partial charge in [-0.15, -0.1) is 0 Å². The number of rotatable bonds is 3. The molecule has 1 aliphatic heterocycles. The second kappa shape index (κ2) is 6.71. The van der Waals surface area contributed by atoms with Crippen LogP contribution in [-0.2, 0) is 6.54 Å². The number of anilines is 1. The van der Waals surface area contributed by atoms with E-state index in [2.05, 4.69) is 35.7 Å². The molecule has 2 aromatic rings. The molecule has 2 heterocycles. The zero-order valence-electron chi connectivity index (χ0n) is 12.5. The predicted octanol–water partition coefficient (Wildman–Crippen LogP) is 3.01. The lowest BCUT2D eigenvalue weighted by atomic mass is 10.2. The van der Waals surface area contributed by atoms with E-state index >= 15 is 0 Å². The predicted molar refractivity (Wildman–Crippen MR) is 88.4 cm³/mol. The first-order valence-corrected chi connectivity index (χ1v) is 8.12. The van der Waals surface area contributed by atoms with Crippen molar-refractivity contribution in [1.29, 1.82) is 0 Å². The fraction of sp³-hybridized carbons (Fsp3) is 0.375. The highest BCUT2D eigenvalue weighted by Gasteiger charge is 2.20. The lowest BCUT2D eigenvalue weighted by Crippen LogP contribution is -2.46. The van der Waals surface area contributed by atoms with Crippen LogP contribution in [0, 0.1) is 12.7 Å². The van der Waals surface area contributed by atoms with Crippen molar-refractivity contribution in [3.63, 3.8) is 0 Å². The van der Waals surface area contributed by atoms with Gasteiger partial charge in [-0.2, -0.15) is 0 Å². The molecule has 0 bridgehead atoms. The highest BCUT2D eigenvalue weighted by atomic mass is 79.9. The van der Waals surface area contributed by atoms with Crippen LogP contribution in [0.3, 0.4) is 0 Å². The number of benzene rings is 1. The van der Waals surface area contributed by atoms with E-state index in [1.165, 1.54) is 0 Å². The molecule has 22 heavy (non-hydrogen) atoms. The number of hydrogen-bond acceptors (Lipinski definition) is 4. The fourth-order valence-corrected chi connectivity index (χ4v) is 3.01. The molecule has 0 atom stereocenters. The minimum absolute atomic E-state index is 0.160. The average Bonchev–Trinajstić information content (AvgIpc) is 2.53. The van der Waals surface area contributed by atoms with Gasteiger partial charge in [0.2, 0.25) is 5.95 Å². The first-order valence-electron chi connectivity index (χ1n) is 7.33. The Hall–Kier alpha value is -1.53. The zero-order chi connectivity index (χ0) is 15.5. The highest BCUT2D eigenvalue weighted by molar-refractivity contribution is 9.10. The molecule has 1 aromatic heterocycles. The first-order chi connectivity index (χ1) is 10.6. The second-order valence-electron chi connectivity index (χ2n) is 5.47. The molecule has 0 aliphatic carbocycles. The van der Waals surface area contributed by atoms with Crippen molar-refractivity contribution in [2.24, 2.45) is 0 Å². The standard InChI is InChI=1S/C16H18BrFN4/c1-12-5-6-19-16(20-12)22-9-7-21(8-10-22)11-13-3-2-4-14(17)15(13)18/h2-6H,7-11H2,1H3. The van der Waals surface area contributed by atoms with Crippen LogP contribution in [0.15, 0.2) is 34.9 Å². The van der Waals surface area contributed by atoms with Crippen LogP contribution in [-0.4, -0.2) is 41.0 Å². The summed E-state index contributed by atoms with van der Waals surface area (Å²) in [5.41, 5.74) is 1.71. The van der Waals surface area contributed by atoms with Crippen LogP contribution in [0.5, 0.6) is 0 Å². The van der Waals surface area contributed by atoms with Crippen molar-refractivity contribution in [1.82, 2.24) is 14.9 Å². The lowest BCUT2D eigenvalue weighted by Gasteiger charge is -2.34. The Balaban J connectivity index is 1.61. The van der Waals surface area contributed by atoms with Crippen LogP contribution in [0.1, 0.15) is 11.3 Å². The summed E-state index contributed by atoms with van der Waals surface area (Å²) < 4.78 is 14.6. The first kappa shape index (κ1) is 15.4. The molecular formula is C16H18BrFN4. The van der Waals surface area contributed by atoms with Crippen LogP contribution >= 0.6 is 15.9 Å². The van der Waals surface area contributed by atoms with Gasteiger partial charge in [0.05, 0.1) is 4.47 Å². The summed E-state index contributed by atoms with van der Waals surface area (Å²) in [6.07, 6.45) is 1.79. The van der Waals surface area contributed by atoms with E-state index in [9.17, 15) is 4.39 Å². The molecule has 1 fully saturated rings. The van der Waals surface area contributed by atoms with Crippen molar-refractivity contribution < 1.29 is 4.39 Å². The van der Waals surface area contributed by atoms with Gasteiger partial charge in [-0.05, 0) is 35.0 Å². The number of hydrogen-bond donors (Lipinski definition) is 0. The number of piperazine rings is 1. The molecule has 6 heteroatoms. The van der Waals surface area contributed by atoms with Gasteiger partial charge in [-0.25, -0.2) is 14.4 Å². The molecule has 1 aliphatic rings. The third-order valence-electron chi connectivity index (χ3n) is 3.86. The zero-order valence-corrected chi connectivity index (χ0v) is 14.1. The molecule has 1 aromatic carbocycles. The van der Waals surface area contributed by atoms with Gasteiger partial charge in [0.1, 0.15) is 5.82 Å². The van der Waals surface area contributed by atoms with Crippen LogP contribution < -0.4 is 4.90 Å². The molecular weight excluding hydrogens is 347 g/mol. The summed E-state index contributed by atoms with van der Waals surface area (Å²) >= 11 is 3.24. The maximum Gasteiger partial charge on any atom is 0.225 e. The van der Waals surface area contributed by atoms with E-state index in [1.54, 1.807) is 12.3 Å². The van der Waals surface area contributed by atoms with Crippen molar-refractivity contribution in [2.75, 3.05) is 31.1 Å². The Morgan fingerprint density at radius 1 is 1.18 bits per heavy atom. The number of nitrogens with zero attached hydrogens (tertiary/aromatic N) is 4. The largest absolute Gasteiger partial charge is 0.338 e. The Kier molecular flexibility index (Phi) is 4.69. The summed E-state index contributed by atoms with van der Waals surface area (Å²) in [5.74, 6) is 0.625. The van der Waals surface area contributed by atoms with Crippen LogP contribution in [0.4, 0.5) is 10.3 Å². The maximum atomic E-state index is 14.0. The number of halogens is 2. The van der Waals surface area contributed by atoms with E-state index in [1.807, 2.05) is 25.1 Å². The van der Waals surface area contributed by atoms with E-state index in [4.69, 9.17) is 0 Å². The molecule has 1 saturated heterocycles. The maximum absolute atomic E-state index is 14.0. The van der Waals surface area contributed by atoms with Crippen molar-refractivity contribution in [3.8, 4) is 0 Å². The molecule has 0 radical (unpaired) electrons. The summed E-state index contributed by atoms with van der Waals surface area (Å²) in [6, 6.07) is 7.34. The van der Waals surface area contributed by atoms with Crippen LogP contribution in [0.2, 0.25) is 0 Å². The van der Waals surface area contributed by atoms with Gasteiger partial charge in [0.15, 0.2) is 0 Å². The number of aromatic nitrogens is 2. The molecule has 116 valence electrons. The second-order valence-corrected chi connectivity index (χ2v) is 6.33. The van der Waals surface area contributed by atoms with Crippen molar-refractivity contribution in [3.05, 3.63) is 52.0 Å². The van der Waals surface area contributed by atoms with Gasteiger partial charge < -0.3 is 4.90 Å². The lowest BCUT2D eigenvalue weighted by molar-refractivity contribution is 0.245. The summed E-state index contributed by atoms with van der Waals surface area (Å²) in [5, 5.41) is 0.